The molecule has 0 saturated carbocycles. The lowest BCUT2D eigenvalue weighted by Gasteiger charge is -2.32. The van der Waals surface area contributed by atoms with Gasteiger partial charge in [-0.05, 0) is 34.7 Å². The van der Waals surface area contributed by atoms with Gasteiger partial charge in [0.1, 0.15) is 16.2 Å². The first-order valence-electron chi connectivity index (χ1n) is 6.66. The summed E-state index contributed by atoms with van der Waals surface area (Å²) < 4.78 is 0.885. The molecule has 1 unspecified atom stereocenters. The first-order chi connectivity index (χ1) is 8.36. The minimum Gasteiger partial charge on any atom is -0.356 e. The summed E-state index contributed by atoms with van der Waals surface area (Å²) in [6.45, 7) is 11.0. The number of anilines is 1. The maximum atomic E-state index is 4.75. The minimum atomic E-state index is -0.0140. The van der Waals surface area contributed by atoms with Crippen LogP contribution >= 0.6 is 15.9 Å². The smallest absolute Gasteiger partial charge is 0.137 e. The fourth-order valence-corrected chi connectivity index (χ4v) is 2.67. The Balaban J connectivity index is 2.30. The highest BCUT2D eigenvalue weighted by molar-refractivity contribution is 9.10. The van der Waals surface area contributed by atoms with Crippen LogP contribution in [-0.2, 0) is 5.41 Å². The molecule has 0 radical (unpaired) electrons. The largest absolute Gasteiger partial charge is 0.356 e. The van der Waals surface area contributed by atoms with Crippen LogP contribution in [-0.4, -0.2) is 23.1 Å². The van der Waals surface area contributed by atoms with Crippen molar-refractivity contribution >= 4 is 21.7 Å². The molecular formula is C14H22BrN3. The van der Waals surface area contributed by atoms with Gasteiger partial charge in [-0.3, -0.25) is 0 Å². The molecule has 18 heavy (non-hydrogen) atoms. The van der Waals surface area contributed by atoms with Gasteiger partial charge in [0, 0.05) is 24.6 Å². The van der Waals surface area contributed by atoms with E-state index in [0.717, 1.165) is 35.3 Å². The van der Waals surface area contributed by atoms with E-state index in [2.05, 4.69) is 53.5 Å². The van der Waals surface area contributed by atoms with Crippen LogP contribution in [0, 0.1) is 5.92 Å². The third-order valence-electron chi connectivity index (χ3n) is 3.33. The Morgan fingerprint density at radius 1 is 1.33 bits per heavy atom. The lowest BCUT2D eigenvalue weighted by molar-refractivity contribution is 0.442. The van der Waals surface area contributed by atoms with E-state index >= 15 is 0 Å². The van der Waals surface area contributed by atoms with Gasteiger partial charge in [0.15, 0.2) is 0 Å². The van der Waals surface area contributed by atoms with E-state index in [0.29, 0.717) is 0 Å². The molecule has 100 valence electrons. The fraction of sp³-hybridized carbons (Fsp3) is 0.714. The van der Waals surface area contributed by atoms with Crippen LogP contribution in [0.2, 0.25) is 0 Å². The summed E-state index contributed by atoms with van der Waals surface area (Å²) in [5.41, 5.74) is -0.0140. The fourth-order valence-electron chi connectivity index (χ4n) is 2.30. The van der Waals surface area contributed by atoms with Gasteiger partial charge in [0.25, 0.3) is 0 Å². The van der Waals surface area contributed by atoms with Crippen LogP contribution in [0.25, 0.3) is 0 Å². The van der Waals surface area contributed by atoms with Crippen LogP contribution in [0.3, 0.4) is 0 Å². The first-order valence-corrected chi connectivity index (χ1v) is 7.45. The van der Waals surface area contributed by atoms with Crippen molar-refractivity contribution < 1.29 is 0 Å². The molecule has 0 spiro atoms. The predicted molar refractivity (Wildman–Crippen MR) is 79.0 cm³/mol. The summed E-state index contributed by atoms with van der Waals surface area (Å²) in [5.74, 6) is 2.73. The summed E-state index contributed by atoms with van der Waals surface area (Å²) >= 11 is 3.51. The molecule has 1 saturated heterocycles. The molecule has 1 aliphatic heterocycles. The molecule has 1 atom stereocenters. The third-order valence-corrected chi connectivity index (χ3v) is 3.74. The molecule has 0 bridgehead atoms. The normalized spacial score (nSPS) is 21.2. The van der Waals surface area contributed by atoms with Crippen molar-refractivity contribution in [2.24, 2.45) is 5.92 Å². The van der Waals surface area contributed by atoms with Crippen molar-refractivity contribution in [2.45, 2.75) is 46.0 Å². The SMILES string of the molecule is CC1CCCN(c2cc(Br)nc(C(C)(C)C)n2)C1. The van der Waals surface area contributed by atoms with Gasteiger partial charge in [0.05, 0.1) is 0 Å². The molecule has 1 fully saturated rings. The summed E-state index contributed by atoms with van der Waals surface area (Å²) in [7, 11) is 0. The van der Waals surface area contributed by atoms with Crippen molar-refractivity contribution in [1.82, 2.24) is 9.97 Å². The lowest BCUT2D eigenvalue weighted by atomic mass is 9.95. The monoisotopic (exact) mass is 311 g/mol. The Kier molecular flexibility index (Phi) is 3.95. The molecule has 0 aromatic carbocycles. The highest BCUT2D eigenvalue weighted by atomic mass is 79.9. The van der Waals surface area contributed by atoms with Crippen LogP contribution < -0.4 is 4.90 Å². The van der Waals surface area contributed by atoms with E-state index in [9.17, 15) is 0 Å². The number of nitrogens with zero attached hydrogens (tertiary/aromatic N) is 3. The van der Waals surface area contributed by atoms with Crippen LogP contribution in [0.1, 0.15) is 46.4 Å². The summed E-state index contributed by atoms with van der Waals surface area (Å²) in [5, 5.41) is 0. The van der Waals surface area contributed by atoms with Gasteiger partial charge in [-0.2, -0.15) is 0 Å². The Morgan fingerprint density at radius 3 is 2.67 bits per heavy atom. The maximum absolute atomic E-state index is 4.75. The average Bonchev–Trinajstić information content (AvgIpc) is 2.27. The molecule has 1 aliphatic rings. The van der Waals surface area contributed by atoms with Crippen molar-refractivity contribution in [3.05, 3.63) is 16.5 Å². The Hall–Kier alpha value is -0.640. The van der Waals surface area contributed by atoms with E-state index in [1.807, 2.05) is 6.07 Å². The van der Waals surface area contributed by atoms with Crippen molar-refractivity contribution in [1.29, 1.82) is 0 Å². The second kappa shape index (κ2) is 5.16. The maximum Gasteiger partial charge on any atom is 0.137 e. The summed E-state index contributed by atoms with van der Waals surface area (Å²) in [6, 6.07) is 2.04. The van der Waals surface area contributed by atoms with E-state index in [4.69, 9.17) is 4.98 Å². The zero-order valence-corrected chi connectivity index (χ0v) is 13.3. The number of aromatic nitrogens is 2. The van der Waals surface area contributed by atoms with Crippen LogP contribution in [0.15, 0.2) is 10.7 Å². The standard InChI is InChI=1S/C14H22BrN3/c1-10-6-5-7-18(9-10)12-8-11(15)16-13(17-12)14(2,3)4/h8,10H,5-7,9H2,1-4H3. The molecule has 0 amide bonds. The Bertz CT molecular complexity index is 426. The van der Waals surface area contributed by atoms with Gasteiger partial charge in [-0.25, -0.2) is 9.97 Å². The molecular weight excluding hydrogens is 290 g/mol. The summed E-state index contributed by atoms with van der Waals surface area (Å²) in [4.78, 5) is 11.6. The Morgan fingerprint density at radius 2 is 2.06 bits per heavy atom. The highest BCUT2D eigenvalue weighted by Gasteiger charge is 2.22. The first kappa shape index (κ1) is 13.8. The predicted octanol–water partition coefficient (Wildman–Crippen LogP) is 3.77. The molecule has 4 heteroatoms. The molecule has 0 aliphatic carbocycles. The van der Waals surface area contributed by atoms with Gasteiger partial charge in [-0.15, -0.1) is 0 Å². The van der Waals surface area contributed by atoms with Gasteiger partial charge in [-0.1, -0.05) is 27.7 Å². The average molecular weight is 312 g/mol. The van der Waals surface area contributed by atoms with Crippen LogP contribution in [0.5, 0.6) is 0 Å². The number of hydrogen-bond donors (Lipinski definition) is 0. The molecule has 2 heterocycles. The number of rotatable bonds is 1. The zero-order valence-electron chi connectivity index (χ0n) is 11.7. The molecule has 1 aromatic rings. The van der Waals surface area contributed by atoms with Crippen LogP contribution in [0.4, 0.5) is 5.82 Å². The number of hydrogen-bond acceptors (Lipinski definition) is 3. The van der Waals surface area contributed by atoms with Gasteiger partial charge in [0.2, 0.25) is 0 Å². The van der Waals surface area contributed by atoms with Gasteiger partial charge >= 0.3 is 0 Å². The molecule has 2 rings (SSSR count). The van der Waals surface area contributed by atoms with E-state index in [1.54, 1.807) is 0 Å². The molecule has 1 aromatic heterocycles. The summed E-state index contributed by atoms with van der Waals surface area (Å²) in [6.07, 6.45) is 2.59. The molecule has 3 nitrogen and oxygen atoms in total. The zero-order chi connectivity index (χ0) is 13.3. The van der Waals surface area contributed by atoms with Crippen molar-refractivity contribution in [2.75, 3.05) is 18.0 Å². The lowest BCUT2D eigenvalue weighted by Crippen LogP contribution is -2.35. The van der Waals surface area contributed by atoms with E-state index in [-0.39, 0.29) is 5.41 Å². The van der Waals surface area contributed by atoms with Crippen molar-refractivity contribution in [3.63, 3.8) is 0 Å². The highest BCUT2D eigenvalue weighted by Crippen LogP contribution is 2.27. The third kappa shape index (κ3) is 3.22. The quantitative estimate of drug-likeness (QED) is 0.739. The Labute approximate surface area is 118 Å². The minimum absolute atomic E-state index is 0.0140. The van der Waals surface area contributed by atoms with Gasteiger partial charge < -0.3 is 4.90 Å². The van der Waals surface area contributed by atoms with Crippen molar-refractivity contribution in [3.8, 4) is 0 Å². The number of halogens is 1. The second-order valence-corrected chi connectivity index (χ2v) is 7.13. The second-order valence-electron chi connectivity index (χ2n) is 6.32. The topological polar surface area (TPSA) is 29.0 Å². The number of piperidine rings is 1. The molecule has 0 N–H and O–H groups in total. The van der Waals surface area contributed by atoms with E-state index < -0.39 is 0 Å². The van der Waals surface area contributed by atoms with E-state index in [1.165, 1.54) is 12.8 Å².